The van der Waals surface area contributed by atoms with Crippen LogP contribution >= 0.6 is 0 Å². The first kappa shape index (κ1) is 36.3. The summed E-state index contributed by atoms with van der Waals surface area (Å²) in [6.45, 7) is 22.8. The Morgan fingerprint density at radius 1 is 1.00 bits per heavy atom. The number of nitrogens with one attached hydrogen (secondary N) is 3. The number of fused-ring (bicyclic) bond motifs is 7. The van der Waals surface area contributed by atoms with E-state index in [1.165, 1.54) is 6.92 Å². The van der Waals surface area contributed by atoms with Crippen molar-refractivity contribution in [3.63, 3.8) is 0 Å². The minimum atomic E-state index is -0.930. The first-order valence-corrected chi connectivity index (χ1v) is 18.1. The van der Waals surface area contributed by atoms with Gasteiger partial charge in [-0.2, -0.15) is 0 Å². The Labute approximate surface area is 287 Å². The number of hydrogen-bond donors (Lipinski definition) is 4. The molecular weight excluding hydrogens is 606 g/mol. The molecule has 0 aliphatic heterocycles. The van der Waals surface area contributed by atoms with E-state index >= 15 is 0 Å². The molecular formula is C39H59N3O6. The number of rotatable bonds is 7. The molecule has 0 aromatic rings. The molecule has 6 unspecified atom stereocenters. The lowest BCUT2D eigenvalue weighted by molar-refractivity contribution is -0.192. The number of allylic oxidation sites excluding steroid dienone is 2. The molecule has 0 bridgehead atoms. The zero-order valence-corrected chi connectivity index (χ0v) is 30.7. The van der Waals surface area contributed by atoms with E-state index in [9.17, 15) is 19.5 Å². The highest BCUT2D eigenvalue weighted by molar-refractivity contribution is 6.35. The van der Waals surface area contributed by atoms with Crippen LogP contribution in [0.25, 0.3) is 0 Å². The number of ether oxygens (including phenoxy) is 2. The van der Waals surface area contributed by atoms with Crippen molar-refractivity contribution in [1.82, 2.24) is 5.32 Å². The number of carbonyl (C=O) groups is 3. The summed E-state index contributed by atoms with van der Waals surface area (Å²) in [5.41, 5.74) is 0.232. The van der Waals surface area contributed by atoms with E-state index < -0.39 is 28.7 Å². The predicted molar refractivity (Wildman–Crippen MR) is 186 cm³/mol. The third-order valence-electron chi connectivity index (χ3n) is 13.9. The van der Waals surface area contributed by atoms with E-state index in [4.69, 9.17) is 20.3 Å². The fourth-order valence-electron chi connectivity index (χ4n) is 11.7. The number of hydrogen-bond acceptors (Lipinski definition) is 7. The van der Waals surface area contributed by atoms with Gasteiger partial charge in [-0.15, -0.1) is 0 Å². The van der Waals surface area contributed by atoms with E-state index in [-0.39, 0.29) is 58.7 Å². The Hall–Kier alpha value is -2.97. The number of amides is 1. The Kier molecular flexibility index (Phi) is 9.17. The molecule has 1 amide bonds. The van der Waals surface area contributed by atoms with Crippen molar-refractivity contribution in [3.8, 4) is 0 Å². The summed E-state index contributed by atoms with van der Waals surface area (Å²) in [4.78, 5) is 38.8. The van der Waals surface area contributed by atoms with Gasteiger partial charge in [0.2, 0.25) is 0 Å². The quantitative estimate of drug-likeness (QED) is 0.124. The molecule has 0 spiro atoms. The van der Waals surface area contributed by atoms with Crippen LogP contribution in [-0.2, 0) is 23.9 Å². The highest BCUT2D eigenvalue weighted by atomic mass is 16.5. The molecule has 9 nitrogen and oxygen atoms in total. The first-order chi connectivity index (χ1) is 22.1. The monoisotopic (exact) mass is 665 g/mol. The molecule has 0 aromatic carbocycles. The predicted octanol–water partition coefficient (Wildman–Crippen LogP) is 7.84. The number of aliphatic carboxylic acids is 1. The van der Waals surface area contributed by atoms with E-state index in [2.05, 4.69) is 53.4 Å². The van der Waals surface area contributed by atoms with Crippen molar-refractivity contribution in [3.05, 3.63) is 23.5 Å². The highest BCUT2D eigenvalue weighted by Crippen LogP contribution is 2.71. The minimum absolute atomic E-state index is 0.0162. The topological polar surface area (TPSA) is 150 Å². The van der Waals surface area contributed by atoms with E-state index in [0.717, 1.165) is 56.1 Å². The van der Waals surface area contributed by atoms with Gasteiger partial charge < -0.3 is 19.9 Å². The molecule has 4 fully saturated rings. The fraction of sp³-hybridized carbons (Fsp3) is 0.769. The summed E-state index contributed by atoms with van der Waals surface area (Å²) in [5, 5.41) is 28.5. The van der Waals surface area contributed by atoms with Gasteiger partial charge in [-0.1, -0.05) is 48.1 Å². The van der Waals surface area contributed by atoms with Gasteiger partial charge in [0.1, 0.15) is 6.10 Å². The Balaban J connectivity index is 1.42. The Morgan fingerprint density at radius 3 is 2.23 bits per heavy atom. The molecule has 4 saturated carbocycles. The highest BCUT2D eigenvalue weighted by Gasteiger charge is 2.66. The molecule has 0 heterocycles. The second-order valence-corrected chi connectivity index (χ2v) is 18.0. The summed E-state index contributed by atoms with van der Waals surface area (Å²) < 4.78 is 11.6. The smallest absolute Gasteiger partial charge is 0.309 e. The van der Waals surface area contributed by atoms with Crippen LogP contribution in [-0.4, -0.2) is 46.2 Å². The van der Waals surface area contributed by atoms with Crippen LogP contribution in [0.3, 0.4) is 0 Å². The molecule has 48 heavy (non-hydrogen) atoms. The summed E-state index contributed by atoms with van der Waals surface area (Å²) in [7, 11) is 0. The Morgan fingerprint density at radius 2 is 1.62 bits per heavy atom. The molecule has 0 aromatic heterocycles. The van der Waals surface area contributed by atoms with Crippen molar-refractivity contribution < 1.29 is 29.0 Å². The largest absolute Gasteiger partial charge is 0.495 e. The average Bonchev–Trinajstić information content (AvgIpc) is 3.25. The van der Waals surface area contributed by atoms with Gasteiger partial charge in [0.25, 0.3) is 5.90 Å². The Bertz CT molecular complexity index is 1460. The maximum Gasteiger partial charge on any atom is 0.309 e. The van der Waals surface area contributed by atoms with Crippen molar-refractivity contribution in [1.29, 1.82) is 10.8 Å². The summed E-state index contributed by atoms with van der Waals surface area (Å²) in [6.07, 6.45) is 8.24. The van der Waals surface area contributed by atoms with Gasteiger partial charge in [0.15, 0.2) is 11.7 Å². The molecule has 0 saturated heterocycles. The van der Waals surface area contributed by atoms with Crippen LogP contribution < -0.4 is 5.32 Å². The fourth-order valence-corrected chi connectivity index (χ4v) is 11.7. The number of carboxylic acids is 1. The van der Waals surface area contributed by atoms with Crippen molar-refractivity contribution >= 4 is 29.5 Å². The van der Waals surface area contributed by atoms with Crippen molar-refractivity contribution in [2.45, 2.75) is 138 Å². The van der Waals surface area contributed by atoms with E-state index in [1.807, 2.05) is 0 Å². The van der Waals surface area contributed by atoms with Gasteiger partial charge in [0.05, 0.1) is 16.7 Å². The standard InChI is InChI=1S/C39H59N3O6/c1-21(2)30-27(43)20-39(42-33(44)32(41)48-23(4)40)18-17-37(9)24-13-14-28-36(7,8)29(47-22(3)19-35(5,6)34(45)46)15-16-38(28,10)25(24)11-12-26(37)31(30)39/h21,24-26,28-29,40-41H,3,11-20H2,1-2,4-10H3,(H,42,44)(H,45,46)/t24-,25?,26?,28?,29?,37+,38?,39?/m1/s1. The van der Waals surface area contributed by atoms with E-state index in [1.54, 1.807) is 13.8 Å². The summed E-state index contributed by atoms with van der Waals surface area (Å²) >= 11 is 0. The van der Waals surface area contributed by atoms with Crippen LogP contribution in [0.15, 0.2) is 23.5 Å². The lowest BCUT2D eigenvalue weighted by Gasteiger charge is -2.67. The summed E-state index contributed by atoms with van der Waals surface area (Å²) in [6, 6.07) is 0. The van der Waals surface area contributed by atoms with Crippen LogP contribution in [0, 0.1) is 62.1 Å². The average molecular weight is 666 g/mol. The van der Waals surface area contributed by atoms with Crippen LogP contribution in [0.2, 0.25) is 0 Å². The molecule has 9 heteroatoms. The zero-order valence-electron chi connectivity index (χ0n) is 30.7. The molecule has 4 N–H and O–H groups in total. The van der Waals surface area contributed by atoms with Gasteiger partial charge in [-0.25, -0.2) is 0 Å². The molecule has 5 aliphatic rings. The van der Waals surface area contributed by atoms with Crippen LogP contribution in [0.1, 0.15) is 127 Å². The van der Waals surface area contributed by atoms with E-state index in [0.29, 0.717) is 29.9 Å². The van der Waals surface area contributed by atoms with Gasteiger partial charge in [-0.3, -0.25) is 25.2 Å². The maximum absolute atomic E-state index is 13.7. The maximum atomic E-state index is 13.7. The summed E-state index contributed by atoms with van der Waals surface area (Å²) in [5.74, 6) is -0.00884. The van der Waals surface area contributed by atoms with Crippen LogP contribution in [0.4, 0.5) is 0 Å². The second kappa shape index (κ2) is 12.1. The number of carbonyl (C=O) groups excluding carboxylic acids is 2. The van der Waals surface area contributed by atoms with Crippen LogP contribution in [0.5, 0.6) is 0 Å². The molecule has 5 aliphatic carbocycles. The van der Waals surface area contributed by atoms with Gasteiger partial charge >= 0.3 is 11.9 Å². The SMILES string of the molecule is C=C(CC(C)(C)C(=O)O)OC1CCC2(C)C3CCC4C5=C(C(C)C)C(=O)CC5(NC(=O)C(=N)OC(C)=N)CC[C@@]4(C)[C@@H]3CCC2C1(C)C. The third-order valence-corrected chi connectivity index (χ3v) is 13.9. The van der Waals surface area contributed by atoms with Crippen molar-refractivity contribution in [2.24, 2.45) is 51.2 Å². The number of ketones is 1. The zero-order chi connectivity index (χ0) is 35.8. The molecule has 266 valence electrons. The van der Waals surface area contributed by atoms with Gasteiger partial charge in [-0.05, 0) is 117 Å². The third kappa shape index (κ3) is 5.74. The molecule has 5 rings (SSSR count). The molecule has 8 atom stereocenters. The molecule has 0 radical (unpaired) electrons. The van der Waals surface area contributed by atoms with Gasteiger partial charge in [0, 0.05) is 25.2 Å². The van der Waals surface area contributed by atoms with Crippen molar-refractivity contribution in [2.75, 3.05) is 0 Å². The number of Topliss-reactive ketones (excluding diaryl/α,β-unsaturated/α-hetero) is 1. The number of carboxylic acid groups (broad SMARTS) is 1. The normalized spacial score (nSPS) is 37.0. The minimum Gasteiger partial charge on any atom is -0.495 e. The lowest BCUT2D eigenvalue weighted by Crippen LogP contribution is -2.64. The lowest BCUT2D eigenvalue weighted by atomic mass is 9.38. The first-order valence-electron chi connectivity index (χ1n) is 18.1. The second-order valence-electron chi connectivity index (χ2n) is 18.0.